The molecule has 0 bridgehead atoms. The second-order valence-corrected chi connectivity index (χ2v) is 4.06. The van der Waals surface area contributed by atoms with Crippen molar-refractivity contribution in [3.8, 4) is 5.75 Å². The maximum absolute atomic E-state index is 12.7. The molecule has 0 amide bonds. The Hall–Kier alpha value is -1.48. The Morgan fingerprint density at radius 3 is 2.38 bits per heavy atom. The smallest absolute Gasteiger partial charge is 0.123 e. The van der Waals surface area contributed by atoms with Gasteiger partial charge in [-0.1, -0.05) is 18.2 Å². The first-order chi connectivity index (χ1) is 7.66. The summed E-state index contributed by atoms with van der Waals surface area (Å²) in [7, 11) is 0. The molecule has 0 aliphatic rings. The van der Waals surface area contributed by atoms with E-state index in [9.17, 15) is 9.50 Å². The zero-order valence-corrected chi connectivity index (χ0v) is 9.42. The van der Waals surface area contributed by atoms with E-state index in [4.69, 9.17) is 0 Å². The third-order valence-electron chi connectivity index (χ3n) is 2.42. The van der Waals surface area contributed by atoms with E-state index in [2.05, 4.69) is 12.6 Å². The van der Waals surface area contributed by atoms with Crippen LogP contribution in [0.4, 0.5) is 4.39 Å². The molecular weight excluding hydrogens is 223 g/mol. The summed E-state index contributed by atoms with van der Waals surface area (Å²) in [6, 6.07) is 11.4. The van der Waals surface area contributed by atoms with Crippen molar-refractivity contribution >= 4 is 12.6 Å². The number of phenols is 1. The van der Waals surface area contributed by atoms with Crippen molar-refractivity contribution in [2.75, 3.05) is 0 Å². The molecule has 0 atom stereocenters. The quantitative estimate of drug-likeness (QED) is 0.763. The lowest BCUT2D eigenvalue weighted by Crippen LogP contribution is -1.91. The third-order valence-corrected chi connectivity index (χ3v) is 2.84. The van der Waals surface area contributed by atoms with E-state index in [0.717, 1.165) is 16.0 Å². The summed E-state index contributed by atoms with van der Waals surface area (Å²) in [5.74, 6) is -0.0380. The van der Waals surface area contributed by atoms with E-state index in [1.54, 1.807) is 24.3 Å². The highest BCUT2D eigenvalue weighted by Gasteiger charge is 2.06. The number of halogens is 1. The lowest BCUT2D eigenvalue weighted by Gasteiger charge is -2.07. The Balaban J connectivity index is 2.30. The molecule has 3 heteroatoms. The van der Waals surface area contributed by atoms with Gasteiger partial charge in [0.25, 0.3) is 0 Å². The number of phenolic OH excluding ortho intramolecular Hbond substituents is 1. The molecule has 0 saturated heterocycles. The van der Waals surface area contributed by atoms with Gasteiger partial charge in [-0.15, -0.1) is 12.6 Å². The lowest BCUT2D eigenvalue weighted by molar-refractivity contribution is 0.467. The summed E-state index contributed by atoms with van der Waals surface area (Å²) < 4.78 is 12.7. The maximum atomic E-state index is 12.7. The summed E-state index contributed by atoms with van der Waals surface area (Å²) in [4.78, 5) is 0.740. The van der Waals surface area contributed by atoms with Crippen molar-refractivity contribution in [1.29, 1.82) is 0 Å². The van der Waals surface area contributed by atoms with E-state index in [0.29, 0.717) is 6.42 Å². The highest BCUT2D eigenvalue weighted by molar-refractivity contribution is 7.80. The van der Waals surface area contributed by atoms with E-state index in [-0.39, 0.29) is 11.6 Å². The standard InChI is InChI=1S/C13H11FOS/c14-10-6-4-9(5-7-10)8-11-12(15)2-1-3-13(11)16/h1-7,15-16H,8H2. The number of aromatic hydroxyl groups is 1. The van der Waals surface area contributed by atoms with E-state index in [1.165, 1.54) is 12.1 Å². The predicted octanol–water partition coefficient (Wildman–Crippen LogP) is 3.41. The average molecular weight is 234 g/mol. The topological polar surface area (TPSA) is 20.2 Å². The molecule has 2 aromatic rings. The first-order valence-corrected chi connectivity index (χ1v) is 5.36. The van der Waals surface area contributed by atoms with E-state index < -0.39 is 0 Å². The van der Waals surface area contributed by atoms with Gasteiger partial charge in [0.05, 0.1) is 0 Å². The molecule has 82 valence electrons. The number of hydrogen-bond acceptors (Lipinski definition) is 2. The first-order valence-electron chi connectivity index (χ1n) is 4.91. The fraction of sp³-hybridized carbons (Fsp3) is 0.0769. The number of hydrogen-bond donors (Lipinski definition) is 2. The average Bonchev–Trinajstić information content (AvgIpc) is 2.26. The molecule has 2 rings (SSSR count). The minimum absolute atomic E-state index is 0.219. The highest BCUT2D eigenvalue weighted by Crippen LogP contribution is 2.26. The van der Waals surface area contributed by atoms with Crippen LogP contribution in [0.2, 0.25) is 0 Å². The normalized spacial score (nSPS) is 10.4. The molecule has 0 radical (unpaired) electrons. The summed E-state index contributed by atoms with van der Waals surface area (Å²) in [6.07, 6.45) is 0.547. The zero-order valence-electron chi connectivity index (χ0n) is 8.52. The Labute approximate surface area is 99.0 Å². The van der Waals surface area contributed by atoms with Crippen LogP contribution in [0.3, 0.4) is 0 Å². The minimum Gasteiger partial charge on any atom is -0.508 e. The van der Waals surface area contributed by atoms with Crippen LogP contribution in [0.25, 0.3) is 0 Å². The van der Waals surface area contributed by atoms with Gasteiger partial charge in [-0.3, -0.25) is 0 Å². The molecule has 2 aromatic carbocycles. The SMILES string of the molecule is Oc1cccc(S)c1Cc1ccc(F)cc1. The van der Waals surface area contributed by atoms with Crippen LogP contribution < -0.4 is 0 Å². The van der Waals surface area contributed by atoms with Gasteiger partial charge in [0.1, 0.15) is 11.6 Å². The fourth-order valence-corrected chi connectivity index (χ4v) is 1.83. The van der Waals surface area contributed by atoms with Crippen LogP contribution in [0.15, 0.2) is 47.4 Å². The number of benzene rings is 2. The molecule has 0 aromatic heterocycles. The molecule has 16 heavy (non-hydrogen) atoms. The second kappa shape index (κ2) is 4.58. The fourth-order valence-electron chi connectivity index (χ4n) is 1.55. The summed E-state index contributed by atoms with van der Waals surface area (Å²) in [6.45, 7) is 0. The van der Waals surface area contributed by atoms with Gasteiger partial charge in [-0.05, 0) is 29.8 Å². The van der Waals surface area contributed by atoms with E-state index >= 15 is 0 Å². The monoisotopic (exact) mass is 234 g/mol. The molecule has 0 unspecified atom stereocenters. The lowest BCUT2D eigenvalue weighted by atomic mass is 10.0. The van der Waals surface area contributed by atoms with Crippen molar-refractivity contribution in [3.05, 3.63) is 59.4 Å². The molecule has 0 spiro atoms. The van der Waals surface area contributed by atoms with Crippen LogP contribution in [0, 0.1) is 5.82 Å². The number of rotatable bonds is 2. The van der Waals surface area contributed by atoms with Gasteiger partial charge in [0.15, 0.2) is 0 Å². The molecular formula is C13H11FOS. The van der Waals surface area contributed by atoms with Crippen LogP contribution in [0.1, 0.15) is 11.1 Å². The predicted molar refractivity (Wildman–Crippen MR) is 64.6 cm³/mol. The summed E-state index contributed by atoms with van der Waals surface area (Å²) in [5, 5.41) is 9.68. The van der Waals surface area contributed by atoms with Crippen molar-refractivity contribution in [1.82, 2.24) is 0 Å². The van der Waals surface area contributed by atoms with Crippen LogP contribution >= 0.6 is 12.6 Å². The van der Waals surface area contributed by atoms with Crippen molar-refractivity contribution in [3.63, 3.8) is 0 Å². The van der Waals surface area contributed by atoms with Gasteiger partial charge >= 0.3 is 0 Å². The van der Waals surface area contributed by atoms with Gasteiger partial charge in [-0.2, -0.15) is 0 Å². The van der Waals surface area contributed by atoms with E-state index in [1.807, 2.05) is 6.07 Å². The highest BCUT2D eigenvalue weighted by atomic mass is 32.1. The second-order valence-electron chi connectivity index (χ2n) is 3.58. The summed E-state index contributed by atoms with van der Waals surface area (Å²) >= 11 is 4.28. The number of thiol groups is 1. The van der Waals surface area contributed by atoms with Crippen LogP contribution in [-0.2, 0) is 6.42 Å². The van der Waals surface area contributed by atoms with Crippen molar-refractivity contribution < 1.29 is 9.50 Å². The molecule has 0 aliphatic heterocycles. The third kappa shape index (κ3) is 2.36. The molecule has 0 heterocycles. The molecule has 1 nitrogen and oxygen atoms in total. The first kappa shape index (κ1) is 11.0. The van der Waals surface area contributed by atoms with Gasteiger partial charge in [0.2, 0.25) is 0 Å². The Morgan fingerprint density at radius 2 is 1.75 bits per heavy atom. The van der Waals surface area contributed by atoms with Crippen LogP contribution in [-0.4, -0.2) is 5.11 Å². The van der Waals surface area contributed by atoms with Crippen molar-refractivity contribution in [2.45, 2.75) is 11.3 Å². The van der Waals surface area contributed by atoms with Crippen LogP contribution in [0.5, 0.6) is 5.75 Å². The largest absolute Gasteiger partial charge is 0.508 e. The maximum Gasteiger partial charge on any atom is 0.123 e. The minimum atomic E-state index is -0.257. The van der Waals surface area contributed by atoms with Gasteiger partial charge in [-0.25, -0.2) is 4.39 Å². The molecule has 0 aliphatic carbocycles. The van der Waals surface area contributed by atoms with Gasteiger partial charge in [0, 0.05) is 16.9 Å². The Morgan fingerprint density at radius 1 is 1.06 bits per heavy atom. The molecule has 0 saturated carbocycles. The summed E-state index contributed by atoms with van der Waals surface area (Å²) in [5.41, 5.74) is 1.70. The van der Waals surface area contributed by atoms with Crippen molar-refractivity contribution in [2.24, 2.45) is 0 Å². The zero-order chi connectivity index (χ0) is 11.5. The van der Waals surface area contributed by atoms with Gasteiger partial charge < -0.3 is 5.11 Å². The Kier molecular flexibility index (Phi) is 3.15. The molecule has 0 fully saturated rings. The Bertz CT molecular complexity index is 474. The molecule has 1 N–H and O–H groups in total.